The van der Waals surface area contributed by atoms with Crippen LogP contribution in [0.25, 0.3) is 39.5 Å². The second kappa shape index (κ2) is 9.07. The molecule has 8 nitrogen and oxygen atoms in total. The van der Waals surface area contributed by atoms with Gasteiger partial charge in [-0.1, -0.05) is 59.8 Å². The number of aromatic nitrogens is 6. The smallest absolute Gasteiger partial charge is 0.166 e. The predicted octanol–water partition coefficient (Wildman–Crippen LogP) is 5.13. The maximum atomic E-state index is 12.7. The van der Waals surface area contributed by atoms with E-state index in [4.69, 9.17) is 9.51 Å². The van der Waals surface area contributed by atoms with Crippen molar-refractivity contribution in [3.63, 3.8) is 0 Å². The molecule has 6 rings (SSSR count). The van der Waals surface area contributed by atoms with E-state index >= 15 is 0 Å². The van der Waals surface area contributed by atoms with Crippen LogP contribution >= 0.6 is 0 Å². The standard InChI is InChI=1S/C28H22N6O2/c1-18-16-34(17-30-18)28-26-24(11-12-29-28)31-27(32-26)21-9-7-19(8-10-21)13-22(35)14-23-15-25(33-36-23)20-5-3-2-4-6-20/h2-12,15-17H,13-14H2,1H3,(H,31,32). The second-order valence-corrected chi connectivity index (χ2v) is 8.67. The molecule has 0 unspecified atom stereocenters. The number of aromatic amines is 1. The minimum atomic E-state index is 0.0635. The number of aryl methyl sites for hydroxylation is 1. The Kier molecular flexibility index (Phi) is 5.46. The Morgan fingerprint density at radius 2 is 1.81 bits per heavy atom. The number of hydrogen-bond acceptors (Lipinski definition) is 6. The number of H-pyrrole nitrogens is 1. The van der Waals surface area contributed by atoms with Gasteiger partial charge in [-0.2, -0.15) is 0 Å². The zero-order valence-electron chi connectivity index (χ0n) is 19.5. The molecule has 4 aromatic heterocycles. The van der Waals surface area contributed by atoms with E-state index in [1.165, 1.54) is 0 Å². The lowest BCUT2D eigenvalue weighted by Crippen LogP contribution is -2.05. The predicted molar refractivity (Wildman–Crippen MR) is 136 cm³/mol. The third-order valence-corrected chi connectivity index (χ3v) is 5.97. The molecule has 0 radical (unpaired) electrons. The van der Waals surface area contributed by atoms with Gasteiger partial charge in [0.25, 0.3) is 0 Å². The highest BCUT2D eigenvalue weighted by molar-refractivity contribution is 5.85. The first-order valence-electron chi connectivity index (χ1n) is 11.6. The average Bonchev–Trinajstić information content (AvgIpc) is 3.64. The monoisotopic (exact) mass is 474 g/mol. The van der Waals surface area contributed by atoms with Crippen molar-refractivity contribution in [1.29, 1.82) is 0 Å². The zero-order valence-corrected chi connectivity index (χ0v) is 19.5. The van der Waals surface area contributed by atoms with E-state index in [-0.39, 0.29) is 12.2 Å². The molecule has 0 aliphatic rings. The van der Waals surface area contributed by atoms with Crippen molar-refractivity contribution in [3.05, 3.63) is 102 Å². The topological polar surface area (TPSA) is 102 Å². The number of imidazole rings is 2. The SMILES string of the molecule is Cc1cn(-c2nccc3[nH]c(-c4ccc(CC(=O)Cc5cc(-c6ccccc6)no5)cc4)nc23)cn1. The number of hydrogen-bond donors (Lipinski definition) is 1. The molecule has 0 aliphatic heterocycles. The Balaban J connectivity index is 1.16. The highest BCUT2D eigenvalue weighted by atomic mass is 16.5. The van der Waals surface area contributed by atoms with E-state index in [2.05, 4.69) is 20.1 Å². The van der Waals surface area contributed by atoms with Crippen molar-refractivity contribution in [1.82, 2.24) is 29.7 Å². The van der Waals surface area contributed by atoms with Crippen LogP contribution in [0, 0.1) is 6.92 Å². The van der Waals surface area contributed by atoms with Gasteiger partial charge in [-0.05, 0) is 18.6 Å². The molecule has 36 heavy (non-hydrogen) atoms. The Morgan fingerprint density at radius 3 is 2.58 bits per heavy atom. The molecule has 0 aliphatic carbocycles. The van der Waals surface area contributed by atoms with E-state index < -0.39 is 0 Å². The van der Waals surface area contributed by atoms with Crippen LogP contribution in [0.3, 0.4) is 0 Å². The first-order chi connectivity index (χ1) is 17.6. The van der Waals surface area contributed by atoms with Crippen LogP contribution in [0.15, 0.2) is 90.0 Å². The maximum absolute atomic E-state index is 12.7. The molecule has 176 valence electrons. The summed E-state index contributed by atoms with van der Waals surface area (Å²) in [7, 11) is 0. The summed E-state index contributed by atoms with van der Waals surface area (Å²) in [4.78, 5) is 29.6. The minimum absolute atomic E-state index is 0.0635. The third-order valence-electron chi connectivity index (χ3n) is 5.97. The number of ketones is 1. The normalized spacial score (nSPS) is 11.2. The highest BCUT2D eigenvalue weighted by Gasteiger charge is 2.14. The van der Waals surface area contributed by atoms with Crippen LogP contribution in [-0.2, 0) is 17.6 Å². The van der Waals surface area contributed by atoms with Crippen LogP contribution in [0.2, 0.25) is 0 Å². The summed E-state index contributed by atoms with van der Waals surface area (Å²) in [6.07, 6.45) is 5.92. The number of nitrogens with one attached hydrogen (secondary N) is 1. The van der Waals surface area contributed by atoms with Gasteiger partial charge in [0.05, 0.1) is 17.6 Å². The first-order valence-corrected chi connectivity index (χ1v) is 11.6. The number of fused-ring (bicyclic) bond motifs is 1. The van der Waals surface area contributed by atoms with Crippen LogP contribution < -0.4 is 0 Å². The molecule has 0 fully saturated rings. The van der Waals surface area contributed by atoms with Crippen LogP contribution in [0.1, 0.15) is 17.0 Å². The molecule has 0 spiro atoms. The van der Waals surface area contributed by atoms with Crippen molar-refractivity contribution < 1.29 is 9.32 Å². The zero-order chi connectivity index (χ0) is 24.5. The third kappa shape index (κ3) is 4.32. The van der Waals surface area contributed by atoms with E-state index in [9.17, 15) is 4.79 Å². The molecule has 0 amide bonds. The van der Waals surface area contributed by atoms with E-state index in [1.807, 2.05) is 84.4 Å². The van der Waals surface area contributed by atoms with Gasteiger partial charge < -0.3 is 9.51 Å². The molecule has 8 heteroatoms. The fourth-order valence-electron chi connectivity index (χ4n) is 4.19. The molecular formula is C28H22N6O2. The van der Waals surface area contributed by atoms with Gasteiger partial charge in [0.15, 0.2) is 5.82 Å². The van der Waals surface area contributed by atoms with Gasteiger partial charge in [0.1, 0.15) is 34.9 Å². The molecule has 1 N–H and O–H groups in total. The lowest BCUT2D eigenvalue weighted by atomic mass is 10.0. The van der Waals surface area contributed by atoms with Crippen LogP contribution in [0.5, 0.6) is 0 Å². The maximum Gasteiger partial charge on any atom is 0.166 e. The van der Waals surface area contributed by atoms with Gasteiger partial charge in [-0.25, -0.2) is 15.0 Å². The minimum Gasteiger partial charge on any atom is -0.360 e. The van der Waals surface area contributed by atoms with Crippen molar-refractivity contribution in [2.45, 2.75) is 19.8 Å². The Bertz CT molecular complexity index is 1660. The summed E-state index contributed by atoms with van der Waals surface area (Å²) in [5.74, 6) is 2.09. The van der Waals surface area contributed by atoms with Crippen molar-refractivity contribution >= 4 is 16.8 Å². The number of benzene rings is 2. The quantitative estimate of drug-likeness (QED) is 0.344. The summed E-state index contributed by atoms with van der Waals surface area (Å²) in [6.45, 7) is 1.94. The highest BCUT2D eigenvalue weighted by Crippen LogP contribution is 2.25. The van der Waals surface area contributed by atoms with Gasteiger partial charge in [-0.15, -0.1) is 0 Å². The van der Waals surface area contributed by atoms with Crippen molar-refractivity contribution in [3.8, 4) is 28.5 Å². The Morgan fingerprint density at radius 1 is 0.972 bits per heavy atom. The number of rotatable bonds is 7. The first kappa shape index (κ1) is 21.7. The molecule has 6 aromatic rings. The summed E-state index contributed by atoms with van der Waals surface area (Å²) in [5, 5.41) is 4.09. The van der Waals surface area contributed by atoms with Crippen molar-refractivity contribution in [2.75, 3.05) is 0 Å². The molecule has 4 heterocycles. The van der Waals surface area contributed by atoms with Gasteiger partial charge >= 0.3 is 0 Å². The van der Waals surface area contributed by atoms with Gasteiger partial charge in [0, 0.05) is 36.0 Å². The van der Waals surface area contributed by atoms with Crippen LogP contribution in [0.4, 0.5) is 0 Å². The summed E-state index contributed by atoms with van der Waals surface area (Å²) < 4.78 is 7.25. The van der Waals surface area contributed by atoms with E-state index in [0.717, 1.165) is 50.8 Å². The van der Waals surface area contributed by atoms with Gasteiger partial charge in [-0.3, -0.25) is 9.36 Å². The largest absolute Gasteiger partial charge is 0.360 e. The fourth-order valence-corrected chi connectivity index (χ4v) is 4.19. The van der Waals surface area contributed by atoms with Crippen LogP contribution in [-0.4, -0.2) is 35.4 Å². The molecule has 0 saturated heterocycles. The number of Topliss-reactive ketones (excluding diaryl/α,β-unsaturated/α-hetero) is 1. The fraction of sp³-hybridized carbons (Fsp3) is 0.107. The average molecular weight is 475 g/mol. The Hall–Kier alpha value is -4.85. The number of carbonyl (C=O) groups excluding carboxylic acids is 1. The number of pyridine rings is 1. The van der Waals surface area contributed by atoms with Gasteiger partial charge in [0.2, 0.25) is 0 Å². The molecular weight excluding hydrogens is 452 g/mol. The van der Waals surface area contributed by atoms with E-state index in [0.29, 0.717) is 12.2 Å². The van der Waals surface area contributed by atoms with E-state index in [1.54, 1.807) is 12.5 Å². The summed E-state index contributed by atoms with van der Waals surface area (Å²) in [6, 6.07) is 21.3. The van der Waals surface area contributed by atoms with Crippen molar-refractivity contribution in [2.24, 2.45) is 0 Å². The summed E-state index contributed by atoms with van der Waals surface area (Å²) in [5.41, 5.74) is 6.12. The number of carbonyl (C=O) groups is 1. The molecule has 0 bridgehead atoms. The molecule has 0 atom stereocenters. The summed E-state index contributed by atoms with van der Waals surface area (Å²) >= 11 is 0. The molecule has 2 aromatic carbocycles. The molecule has 0 saturated carbocycles. The second-order valence-electron chi connectivity index (χ2n) is 8.67. The number of nitrogens with zero attached hydrogens (tertiary/aromatic N) is 5. The lowest BCUT2D eigenvalue weighted by Gasteiger charge is -2.02. The lowest BCUT2D eigenvalue weighted by molar-refractivity contribution is -0.118. The Labute approximate surface area is 206 Å².